The monoisotopic (exact) mass is 285 g/mol. The van der Waals surface area contributed by atoms with E-state index < -0.39 is 18.4 Å². The summed E-state index contributed by atoms with van der Waals surface area (Å²) in [4.78, 5) is 33.1. The number of hydrogen-bond donors (Lipinski definition) is 4. The number of aliphatic carboxylic acids is 1. The zero-order valence-electron chi connectivity index (χ0n) is 11.8. The SMILES string of the molecule is CCC1CCCC(NC(=O)NCC(=O)NCC(=O)O)C1. The largest absolute Gasteiger partial charge is 0.480 e. The average Bonchev–Trinajstić information content (AvgIpc) is 2.43. The number of nitrogens with one attached hydrogen (secondary N) is 3. The Morgan fingerprint density at radius 3 is 2.55 bits per heavy atom. The lowest BCUT2D eigenvalue weighted by molar-refractivity contribution is -0.137. The van der Waals surface area contributed by atoms with Crippen LogP contribution in [0.1, 0.15) is 39.0 Å². The lowest BCUT2D eigenvalue weighted by atomic mass is 9.84. The summed E-state index contributed by atoms with van der Waals surface area (Å²) in [6, 6.07) is -0.215. The molecule has 7 nitrogen and oxygen atoms in total. The molecule has 1 aliphatic rings. The van der Waals surface area contributed by atoms with Crippen molar-refractivity contribution in [3.05, 3.63) is 0 Å². The fourth-order valence-electron chi connectivity index (χ4n) is 2.43. The number of hydrogen-bond acceptors (Lipinski definition) is 3. The van der Waals surface area contributed by atoms with E-state index in [0.717, 1.165) is 25.7 Å². The maximum absolute atomic E-state index is 11.6. The Labute approximate surface area is 118 Å². The van der Waals surface area contributed by atoms with E-state index in [1.165, 1.54) is 6.42 Å². The molecule has 1 rings (SSSR count). The van der Waals surface area contributed by atoms with Gasteiger partial charge in [0.15, 0.2) is 0 Å². The Kier molecular flexibility index (Phi) is 6.83. The predicted molar refractivity (Wildman–Crippen MR) is 73.2 cm³/mol. The molecule has 0 spiro atoms. The standard InChI is InChI=1S/C13H23N3O4/c1-2-9-4-3-5-10(6-9)16-13(20)15-7-11(17)14-8-12(18)19/h9-10H,2-8H2,1H3,(H,14,17)(H,18,19)(H2,15,16,20). The van der Waals surface area contributed by atoms with Gasteiger partial charge < -0.3 is 21.1 Å². The molecule has 4 N–H and O–H groups in total. The molecule has 1 aliphatic carbocycles. The molecule has 0 aliphatic heterocycles. The van der Waals surface area contributed by atoms with Crippen LogP contribution < -0.4 is 16.0 Å². The van der Waals surface area contributed by atoms with E-state index in [9.17, 15) is 14.4 Å². The van der Waals surface area contributed by atoms with Crippen LogP contribution in [0.25, 0.3) is 0 Å². The van der Waals surface area contributed by atoms with Crippen LogP contribution in [0.15, 0.2) is 0 Å². The number of amides is 3. The number of rotatable bonds is 6. The second-order valence-corrected chi connectivity index (χ2v) is 5.14. The highest BCUT2D eigenvalue weighted by molar-refractivity contribution is 5.86. The van der Waals surface area contributed by atoms with Gasteiger partial charge in [0.05, 0.1) is 6.54 Å². The lowest BCUT2D eigenvalue weighted by Gasteiger charge is -2.29. The van der Waals surface area contributed by atoms with Crippen LogP contribution in [0.3, 0.4) is 0 Å². The molecule has 114 valence electrons. The Morgan fingerprint density at radius 2 is 1.90 bits per heavy atom. The lowest BCUT2D eigenvalue weighted by Crippen LogP contribution is -2.47. The first kappa shape index (κ1) is 16.3. The van der Waals surface area contributed by atoms with Gasteiger partial charge in [0.25, 0.3) is 0 Å². The second-order valence-electron chi connectivity index (χ2n) is 5.14. The number of carboxylic acids is 1. The molecule has 0 aromatic heterocycles. The van der Waals surface area contributed by atoms with Gasteiger partial charge in [0, 0.05) is 6.04 Å². The first-order valence-corrected chi connectivity index (χ1v) is 7.04. The van der Waals surface area contributed by atoms with Crippen molar-refractivity contribution >= 4 is 17.9 Å². The third-order valence-electron chi connectivity index (χ3n) is 3.54. The first-order valence-electron chi connectivity index (χ1n) is 7.04. The Morgan fingerprint density at radius 1 is 1.15 bits per heavy atom. The van der Waals surface area contributed by atoms with Crippen LogP contribution in [-0.2, 0) is 9.59 Å². The molecular formula is C13H23N3O4. The van der Waals surface area contributed by atoms with Crippen molar-refractivity contribution < 1.29 is 19.5 Å². The Balaban J connectivity index is 2.19. The van der Waals surface area contributed by atoms with Gasteiger partial charge in [-0.1, -0.05) is 26.2 Å². The van der Waals surface area contributed by atoms with Crippen LogP contribution in [0, 0.1) is 5.92 Å². The van der Waals surface area contributed by atoms with E-state index in [0.29, 0.717) is 5.92 Å². The fraction of sp³-hybridized carbons (Fsp3) is 0.769. The van der Waals surface area contributed by atoms with E-state index in [1.54, 1.807) is 0 Å². The van der Waals surface area contributed by atoms with E-state index in [1.807, 2.05) is 0 Å². The van der Waals surface area contributed by atoms with Gasteiger partial charge in [-0.3, -0.25) is 9.59 Å². The zero-order valence-corrected chi connectivity index (χ0v) is 11.8. The number of carbonyl (C=O) groups is 3. The van der Waals surface area contributed by atoms with Crippen LogP contribution in [0.5, 0.6) is 0 Å². The van der Waals surface area contributed by atoms with Crippen LogP contribution in [-0.4, -0.2) is 42.1 Å². The average molecular weight is 285 g/mol. The summed E-state index contributed by atoms with van der Waals surface area (Å²) >= 11 is 0. The summed E-state index contributed by atoms with van der Waals surface area (Å²) in [5, 5.41) is 15.9. The van der Waals surface area contributed by atoms with Crippen LogP contribution in [0.4, 0.5) is 4.79 Å². The molecule has 7 heteroatoms. The summed E-state index contributed by atoms with van der Waals surface area (Å²) < 4.78 is 0. The van der Waals surface area contributed by atoms with Gasteiger partial charge in [0.2, 0.25) is 5.91 Å². The minimum atomic E-state index is -1.12. The Hall–Kier alpha value is -1.79. The molecule has 3 amide bonds. The summed E-state index contributed by atoms with van der Waals surface area (Å²) in [7, 11) is 0. The number of urea groups is 1. The topological polar surface area (TPSA) is 108 Å². The maximum atomic E-state index is 11.6. The smallest absolute Gasteiger partial charge is 0.322 e. The van der Waals surface area contributed by atoms with Crippen LogP contribution >= 0.6 is 0 Å². The molecule has 0 aromatic carbocycles. The molecule has 1 saturated carbocycles. The zero-order chi connectivity index (χ0) is 15.0. The van der Waals surface area contributed by atoms with Gasteiger partial charge in [0.1, 0.15) is 6.54 Å². The van der Waals surface area contributed by atoms with E-state index in [-0.39, 0.29) is 18.6 Å². The fourth-order valence-corrected chi connectivity index (χ4v) is 2.43. The molecule has 0 radical (unpaired) electrons. The Bertz CT molecular complexity index is 360. The summed E-state index contributed by atoms with van der Waals surface area (Å²) in [6.45, 7) is 1.49. The number of carbonyl (C=O) groups excluding carboxylic acids is 2. The highest BCUT2D eigenvalue weighted by Gasteiger charge is 2.22. The van der Waals surface area contributed by atoms with Crippen molar-refractivity contribution in [1.82, 2.24) is 16.0 Å². The van der Waals surface area contributed by atoms with Crippen molar-refractivity contribution in [2.45, 2.75) is 45.1 Å². The highest BCUT2D eigenvalue weighted by atomic mass is 16.4. The van der Waals surface area contributed by atoms with E-state index >= 15 is 0 Å². The molecule has 0 saturated heterocycles. The molecule has 0 bridgehead atoms. The molecule has 2 atom stereocenters. The third kappa shape index (κ3) is 6.40. The molecular weight excluding hydrogens is 262 g/mol. The van der Waals surface area contributed by atoms with Gasteiger partial charge in [-0.2, -0.15) is 0 Å². The number of carboxylic acid groups (broad SMARTS) is 1. The van der Waals surface area contributed by atoms with E-state index in [4.69, 9.17) is 5.11 Å². The normalized spacial score (nSPS) is 21.9. The van der Waals surface area contributed by atoms with E-state index in [2.05, 4.69) is 22.9 Å². The minimum Gasteiger partial charge on any atom is -0.480 e. The van der Waals surface area contributed by atoms with Crippen molar-refractivity contribution in [1.29, 1.82) is 0 Å². The van der Waals surface area contributed by atoms with Gasteiger partial charge in [-0.25, -0.2) is 4.79 Å². The first-order chi connectivity index (χ1) is 9.51. The quantitative estimate of drug-likeness (QED) is 0.568. The molecule has 1 fully saturated rings. The van der Waals surface area contributed by atoms with Crippen molar-refractivity contribution in [3.8, 4) is 0 Å². The summed E-state index contributed by atoms with van der Waals surface area (Å²) in [6.07, 6.45) is 5.40. The van der Waals surface area contributed by atoms with Crippen molar-refractivity contribution in [2.75, 3.05) is 13.1 Å². The molecule has 2 unspecified atom stereocenters. The highest BCUT2D eigenvalue weighted by Crippen LogP contribution is 2.26. The summed E-state index contributed by atoms with van der Waals surface area (Å²) in [5.41, 5.74) is 0. The second kappa shape index (κ2) is 8.39. The third-order valence-corrected chi connectivity index (χ3v) is 3.54. The van der Waals surface area contributed by atoms with Gasteiger partial charge >= 0.3 is 12.0 Å². The van der Waals surface area contributed by atoms with Gasteiger partial charge in [-0.15, -0.1) is 0 Å². The molecule has 20 heavy (non-hydrogen) atoms. The minimum absolute atomic E-state index is 0.163. The molecule has 0 aromatic rings. The predicted octanol–water partition coefficient (Wildman–Crippen LogP) is 0.455. The summed E-state index contributed by atoms with van der Waals surface area (Å²) in [5.74, 6) is -0.971. The van der Waals surface area contributed by atoms with Gasteiger partial charge in [-0.05, 0) is 18.8 Å². The maximum Gasteiger partial charge on any atom is 0.322 e. The van der Waals surface area contributed by atoms with Crippen LogP contribution in [0.2, 0.25) is 0 Å². The molecule has 0 heterocycles. The van der Waals surface area contributed by atoms with Crippen molar-refractivity contribution in [2.24, 2.45) is 5.92 Å². The van der Waals surface area contributed by atoms with Crippen molar-refractivity contribution in [3.63, 3.8) is 0 Å².